The largest absolute Gasteiger partial charge is 0.380 e. The number of amides is 1. The van der Waals surface area contributed by atoms with Gasteiger partial charge in [0.2, 0.25) is 10.0 Å². The molecule has 0 fully saturated rings. The van der Waals surface area contributed by atoms with Gasteiger partial charge in [-0.1, -0.05) is 25.2 Å². The summed E-state index contributed by atoms with van der Waals surface area (Å²) in [5.41, 5.74) is 0.322. The van der Waals surface area contributed by atoms with E-state index in [4.69, 9.17) is 4.74 Å². The standard InChI is InChI=1S/C22H25F2N3O4S2/c1-4-26(5-2)33(29,30)17-9-7-15(8-10-17)21(28)25-22-27(11-12-31-6-3)20-18(24)13-16(23)14-19(20)32-22/h7-10,13-14H,4-6,11-12H2,1-3H3. The summed E-state index contributed by atoms with van der Waals surface area (Å²) in [6, 6.07) is 7.48. The van der Waals surface area contributed by atoms with Crippen molar-refractivity contribution >= 4 is 37.5 Å². The minimum Gasteiger partial charge on any atom is -0.380 e. The van der Waals surface area contributed by atoms with Crippen LogP contribution in [0.15, 0.2) is 46.3 Å². The second-order valence-corrected chi connectivity index (χ2v) is 9.95. The van der Waals surface area contributed by atoms with Crippen molar-refractivity contribution in [1.29, 1.82) is 0 Å². The monoisotopic (exact) mass is 497 g/mol. The van der Waals surface area contributed by atoms with Crippen LogP contribution < -0.4 is 4.80 Å². The van der Waals surface area contributed by atoms with Gasteiger partial charge in [0.05, 0.1) is 21.7 Å². The van der Waals surface area contributed by atoms with Gasteiger partial charge in [-0.25, -0.2) is 17.2 Å². The number of sulfonamides is 1. The number of nitrogens with zero attached hydrogens (tertiary/aromatic N) is 3. The summed E-state index contributed by atoms with van der Waals surface area (Å²) in [7, 11) is -3.65. The Balaban J connectivity index is 2.00. The average Bonchev–Trinajstić information content (AvgIpc) is 3.11. The van der Waals surface area contributed by atoms with Gasteiger partial charge in [0.1, 0.15) is 5.82 Å². The molecule has 1 amide bonds. The number of fused-ring (bicyclic) bond motifs is 1. The first kappa shape index (κ1) is 25.2. The Morgan fingerprint density at radius 1 is 1.12 bits per heavy atom. The lowest BCUT2D eigenvalue weighted by Gasteiger charge is -2.18. The summed E-state index contributed by atoms with van der Waals surface area (Å²) in [6.45, 7) is 6.94. The van der Waals surface area contributed by atoms with Gasteiger partial charge in [0.25, 0.3) is 5.91 Å². The quantitative estimate of drug-likeness (QED) is 0.422. The maximum atomic E-state index is 14.5. The number of hydrogen-bond acceptors (Lipinski definition) is 5. The van der Waals surface area contributed by atoms with Crippen molar-refractivity contribution in [1.82, 2.24) is 8.87 Å². The molecule has 0 N–H and O–H groups in total. The molecule has 0 bridgehead atoms. The summed E-state index contributed by atoms with van der Waals surface area (Å²) in [5, 5.41) is 0. The Morgan fingerprint density at radius 2 is 1.79 bits per heavy atom. The van der Waals surface area contributed by atoms with Crippen LogP contribution in [-0.2, 0) is 21.3 Å². The van der Waals surface area contributed by atoms with Crippen molar-refractivity contribution in [3.63, 3.8) is 0 Å². The van der Waals surface area contributed by atoms with Crippen LogP contribution in [0.5, 0.6) is 0 Å². The van der Waals surface area contributed by atoms with Crippen molar-refractivity contribution in [3.05, 3.63) is 58.4 Å². The first-order valence-electron chi connectivity index (χ1n) is 10.5. The predicted octanol–water partition coefficient (Wildman–Crippen LogP) is 3.79. The fraction of sp³-hybridized carbons (Fsp3) is 0.364. The number of thiazole rings is 1. The third-order valence-corrected chi connectivity index (χ3v) is 8.09. The molecule has 0 atom stereocenters. The van der Waals surface area contributed by atoms with Crippen LogP contribution in [0.25, 0.3) is 10.2 Å². The van der Waals surface area contributed by atoms with E-state index in [-0.39, 0.29) is 33.9 Å². The molecule has 0 radical (unpaired) electrons. The molecule has 1 heterocycles. The fourth-order valence-electron chi connectivity index (χ4n) is 3.36. The van der Waals surface area contributed by atoms with Gasteiger partial charge in [-0.05, 0) is 37.3 Å². The Bertz CT molecular complexity index is 1310. The van der Waals surface area contributed by atoms with E-state index in [1.807, 2.05) is 6.92 Å². The average molecular weight is 498 g/mol. The first-order chi connectivity index (χ1) is 15.7. The first-order valence-corrected chi connectivity index (χ1v) is 12.7. The van der Waals surface area contributed by atoms with E-state index in [1.54, 1.807) is 13.8 Å². The van der Waals surface area contributed by atoms with Crippen LogP contribution >= 0.6 is 11.3 Å². The van der Waals surface area contributed by atoms with E-state index in [0.29, 0.717) is 24.4 Å². The van der Waals surface area contributed by atoms with Crippen LogP contribution in [0, 0.1) is 11.6 Å². The number of ether oxygens (including phenoxy) is 1. The lowest BCUT2D eigenvalue weighted by Crippen LogP contribution is -2.30. The van der Waals surface area contributed by atoms with E-state index >= 15 is 0 Å². The molecule has 3 rings (SSSR count). The van der Waals surface area contributed by atoms with E-state index < -0.39 is 27.6 Å². The van der Waals surface area contributed by atoms with E-state index in [1.165, 1.54) is 39.2 Å². The molecule has 3 aromatic rings. The van der Waals surface area contributed by atoms with Gasteiger partial charge < -0.3 is 9.30 Å². The van der Waals surface area contributed by atoms with Crippen molar-refractivity contribution in [2.24, 2.45) is 4.99 Å². The zero-order valence-corrected chi connectivity index (χ0v) is 20.2. The van der Waals surface area contributed by atoms with Gasteiger partial charge in [-0.3, -0.25) is 4.79 Å². The second-order valence-electron chi connectivity index (χ2n) is 7.00. The third-order valence-electron chi connectivity index (χ3n) is 5.00. The van der Waals surface area contributed by atoms with Gasteiger partial charge in [0, 0.05) is 37.9 Å². The maximum absolute atomic E-state index is 14.5. The van der Waals surface area contributed by atoms with E-state index in [0.717, 1.165) is 17.4 Å². The molecule has 7 nitrogen and oxygen atoms in total. The number of carbonyl (C=O) groups excluding carboxylic acids is 1. The normalized spacial score (nSPS) is 12.7. The summed E-state index contributed by atoms with van der Waals surface area (Å²) in [6.07, 6.45) is 0. The Morgan fingerprint density at radius 3 is 2.39 bits per heavy atom. The summed E-state index contributed by atoms with van der Waals surface area (Å²) >= 11 is 0.988. The van der Waals surface area contributed by atoms with Gasteiger partial charge in [-0.2, -0.15) is 9.30 Å². The molecular formula is C22H25F2N3O4S2. The molecular weight excluding hydrogens is 472 g/mol. The van der Waals surface area contributed by atoms with Crippen molar-refractivity contribution < 1.29 is 26.7 Å². The van der Waals surface area contributed by atoms with Crippen LogP contribution in [0.4, 0.5) is 8.78 Å². The van der Waals surface area contributed by atoms with Crippen LogP contribution in [0.1, 0.15) is 31.1 Å². The number of carbonyl (C=O) groups is 1. The topological polar surface area (TPSA) is 81.0 Å². The highest BCUT2D eigenvalue weighted by molar-refractivity contribution is 7.89. The number of aromatic nitrogens is 1. The maximum Gasteiger partial charge on any atom is 0.279 e. The van der Waals surface area contributed by atoms with Gasteiger partial charge >= 0.3 is 0 Å². The Kier molecular flexibility index (Phi) is 8.11. The zero-order chi connectivity index (χ0) is 24.2. The number of rotatable bonds is 9. The zero-order valence-electron chi connectivity index (χ0n) is 18.5. The van der Waals surface area contributed by atoms with E-state index in [2.05, 4.69) is 4.99 Å². The minimum absolute atomic E-state index is 0.0777. The molecule has 0 saturated heterocycles. The summed E-state index contributed by atoms with van der Waals surface area (Å²) in [5.74, 6) is -2.10. The lowest BCUT2D eigenvalue weighted by molar-refractivity contribution is 0.0996. The molecule has 0 unspecified atom stereocenters. The van der Waals surface area contributed by atoms with Gasteiger partial charge in [-0.15, -0.1) is 0 Å². The predicted molar refractivity (Wildman–Crippen MR) is 123 cm³/mol. The minimum atomic E-state index is -3.65. The van der Waals surface area contributed by atoms with Crippen LogP contribution in [0.3, 0.4) is 0 Å². The number of benzene rings is 2. The van der Waals surface area contributed by atoms with Crippen LogP contribution in [0.2, 0.25) is 0 Å². The van der Waals surface area contributed by atoms with Crippen molar-refractivity contribution in [2.45, 2.75) is 32.2 Å². The summed E-state index contributed by atoms with van der Waals surface area (Å²) < 4.78 is 61.9. The SMILES string of the molecule is CCOCCn1c(=NC(=O)c2ccc(S(=O)(=O)N(CC)CC)cc2)sc2cc(F)cc(F)c21. The lowest BCUT2D eigenvalue weighted by atomic mass is 10.2. The molecule has 0 aliphatic rings. The number of hydrogen-bond donors (Lipinski definition) is 0. The van der Waals surface area contributed by atoms with E-state index in [9.17, 15) is 22.0 Å². The highest BCUT2D eigenvalue weighted by atomic mass is 32.2. The summed E-state index contributed by atoms with van der Waals surface area (Å²) in [4.78, 5) is 17.2. The van der Waals surface area contributed by atoms with Crippen molar-refractivity contribution in [3.8, 4) is 0 Å². The molecule has 0 spiro atoms. The van der Waals surface area contributed by atoms with Crippen molar-refractivity contribution in [2.75, 3.05) is 26.3 Å². The highest BCUT2D eigenvalue weighted by Crippen LogP contribution is 2.23. The van der Waals surface area contributed by atoms with Gasteiger partial charge in [0.15, 0.2) is 10.6 Å². The molecule has 11 heteroatoms. The molecule has 0 saturated carbocycles. The fourth-order valence-corrected chi connectivity index (χ4v) is 5.91. The molecule has 178 valence electrons. The Hall–Kier alpha value is -2.47. The van der Waals surface area contributed by atoms with Crippen LogP contribution in [-0.4, -0.2) is 49.5 Å². The molecule has 33 heavy (non-hydrogen) atoms. The third kappa shape index (κ3) is 5.37. The smallest absolute Gasteiger partial charge is 0.279 e. The number of halogens is 2. The molecule has 1 aromatic heterocycles. The molecule has 2 aromatic carbocycles. The highest BCUT2D eigenvalue weighted by Gasteiger charge is 2.22. The second kappa shape index (κ2) is 10.6. The Labute approximate surface area is 195 Å². The molecule has 0 aliphatic heterocycles. The molecule has 0 aliphatic carbocycles.